The Morgan fingerprint density at radius 3 is 2.57 bits per heavy atom. The number of aromatic nitrogens is 2. The summed E-state index contributed by atoms with van der Waals surface area (Å²) in [6.07, 6.45) is 0.108. The number of halogens is 1. The molecule has 0 saturated carbocycles. The fourth-order valence-corrected chi connectivity index (χ4v) is 3.15. The van der Waals surface area contributed by atoms with Gasteiger partial charge in [-0.25, -0.2) is 4.39 Å². The fraction of sp³-hybridized carbons (Fsp3) is 0.273. The van der Waals surface area contributed by atoms with Gasteiger partial charge in [-0.2, -0.15) is 5.10 Å². The zero-order valence-electron chi connectivity index (χ0n) is 16.3. The van der Waals surface area contributed by atoms with Crippen LogP contribution >= 0.6 is 0 Å². The van der Waals surface area contributed by atoms with Crippen LogP contribution in [0.3, 0.4) is 0 Å². The molecule has 146 valence electrons. The Labute approximate surface area is 164 Å². The summed E-state index contributed by atoms with van der Waals surface area (Å²) in [5.74, 6) is -0.470. The van der Waals surface area contributed by atoms with E-state index in [0.29, 0.717) is 18.7 Å². The average Bonchev–Trinajstić information content (AvgIpc) is 2.94. The maximum Gasteiger partial charge on any atom is 0.224 e. The topological polar surface area (TPSA) is 56.1 Å². The van der Waals surface area contributed by atoms with Gasteiger partial charge >= 0.3 is 0 Å². The van der Waals surface area contributed by atoms with Gasteiger partial charge in [0, 0.05) is 17.8 Å². The van der Waals surface area contributed by atoms with Crippen molar-refractivity contribution < 1.29 is 13.9 Å². The van der Waals surface area contributed by atoms with Crippen LogP contribution in [0.1, 0.15) is 28.1 Å². The minimum Gasteiger partial charge on any atom is -0.494 e. The molecule has 0 spiro atoms. The second kappa shape index (κ2) is 8.69. The number of hydrogen-bond donors (Lipinski definition) is 1. The van der Waals surface area contributed by atoms with E-state index >= 15 is 0 Å². The van der Waals surface area contributed by atoms with Gasteiger partial charge in [0.25, 0.3) is 0 Å². The first kappa shape index (κ1) is 19.6. The van der Waals surface area contributed by atoms with Crippen molar-refractivity contribution in [2.45, 2.75) is 33.4 Å². The van der Waals surface area contributed by atoms with Crippen LogP contribution in [0.2, 0.25) is 0 Å². The number of ether oxygens (including phenoxy) is 1. The van der Waals surface area contributed by atoms with E-state index in [1.54, 1.807) is 6.07 Å². The van der Waals surface area contributed by atoms with Crippen LogP contribution in [0.5, 0.6) is 5.75 Å². The number of amides is 1. The predicted octanol–water partition coefficient (Wildman–Crippen LogP) is 3.55. The molecule has 0 bridgehead atoms. The first-order valence-electron chi connectivity index (χ1n) is 9.14. The van der Waals surface area contributed by atoms with Crippen LogP contribution in [0.15, 0.2) is 48.5 Å². The maximum atomic E-state index is 13.8. The molecule has 1 heterocycles. The van der Waals surface area contributed by atoms with Gasteiger partial charge in [0.15, 0.2) is 11.6 Å². The molecule has 1 amide bonds. The largest absolute Gasteiger partial charge is 0.494 e. The Bertz CT molecular complexity index is 967. The highest BCUT2D eigenvalue weighted by atomic mass is 19.1. The second-order valence-electron chi connectivity index (χ2n) is 6.72. The number of carbonyl (C=O) groups excluding carboxylic acids is 1. The van der Waals surface area contributed by atoms with E-state index in [2.05, 4.69) is 22.5 Å². The summed E-state index contributed by atoms with van der Waals surface area (Å²) in [7, 11) is 1.41. The molecule has 0 atom stereocenters. The molecule has 0 aliphatic rings. The molecule has 0 aliphatic carbocycles. The van der Waals surface area contributed by atoms with Crippen molar-refractivity contribution in [3.05, 3.63) is 82.4 Å². The van der Waals surface area contributed by atoms with Crippen LogP contribution in [-0.2, 0) is 24.3 Å². The smallest absolute Gasteiger partial charge is 0.224 e. The second-order valence-corrected chi connectivity index (χ2v) is 6.72. The summed E-state index contributed by atoms with van der Waals surface area (Å²) in [4.78, 5) is 12.3. The van der Waals surface area contributed by atoms with Crippen molar-refractivity contribution in [3.63, 3.8) is 0 Å². The van der Waals surface area contributed by atoms with Gasteiger partial charge in [-0.1, -0.05) is 36.4 Å². The number of rotatable bonds is 7. The zero-order chi connectivity index (χ0) is 20.1. The fourth-order valence-electron chi connectivity index (χ4n) is 3.15. The monoisotopic (exact) mass is 381 g/mol. The van der Waals surface area contributed by atoms with Crippen molar-refractivity contribution in [2.24, 2.45) is 0 Å². The molecule has 1 N–H and O–H groups in total. The van der Waals surface area contributed by atoms with Crippen LogP contribution in [0.4, 0.5) is 4.39 Å². The Kier molecular flexibility index (Phi) is 6.09. The van der Waals surface area contributed by atoms with Gasteiger partial charge in [0.1, 0.15) is 0 Å². The van der Waals surface area contributed by atoms with E-state index in [1.807, 2.05) is 36.7 Å². The van der Waals surface area contributed by atoms with E-state index < -0.39 is 5.82 Å². The van der Waals surface area contributed by atoms with Crippen LogP contribution in [0.25, 0.3) is 0 Å². The lowest BCUT2D eigenvalue weighted by atomic mass is 10.1. The molecule has 3 rings (SSSR count). The van der Waals surface area contributed by atoms with Crippen molar-refractivity contribution in [1.29, 1.82) is 0 Å². The average molecular weight is 381 g/mol. The number of aryl methyl sites for hydroxylation is 1. The first-order chi connectivity index (χ1) is 13.5. The van der Waals surface area contributed by atoms with E-state index in [0.717, 1.165) is 17.0 Å². The van der Waals surface area contributed by atoms with Crippen molar-refractivity contribution in [2.75, 3.05) is 7.11 Å². The summed E-state index contributed by atoms with van der Waals surface area (Å²) >= 11 is 0. The third kappa shape index (κ3) is 4.57. The molecular formula is C22H24FN3O2. The lowest BCUT2D eigenvalue weighted by Gasteiger charge is -2.08. The van der Waals surface area contributed by atoms with E-state index in [-0.39, 0.29) is 18.1 Å². The maximum absolute atomic E-state index is 13.8. The normalized spacial score (nSPS) is 10.7. The van der Waals surface area contributed by atoms with E-state index in [4.69, 9.17) is 4.74 Å². The number of nitrogens with one attached hydrogen (secondary N) is 1. The van der Waals surface area contributed by atoms with Crippen molar-refractivity contribution in [3.8, 4) is 5.75 Å². The minimum absolute atomic E-state index is 0.108. The van der Waals surface area contributed by atoms with E-state index in [1.165, 1.54) is 24.8 Å². The van der Waals surface area contributed by atoms with Crippen molar-refractivity contribution >= 4 is 5.91 Å². The zero-order valence-corrected chi connectivity index (χ0v) is 16.3. The Balaban J connectivity index is 1.62. The lowest BCUT2D eigenvalue weighted by molar-refractivity contribution is -0.120. The quantitative estimate of drug-likeness (QED) is 0.681. The summed E-state index contributed by atoms with van der Waals surface area (Å²) in [5.41, 5.74) is 4.70. The summed E-state index contributed by atoms with van der Waals surface area (Å²) in [6, 6.07) is 14.7. The van der Waals surface area contributed by atoms with Crippen molar-refractivity contribution in [1.82, 2.24) is 15.1 Å². The molecule has 28 heavy (non-hydrogen) atoms. The molecule has 0 saturated heterocycles. The standard InChI is InChI=1S/C22H24FN3O2/c1-15-19(16(2)26(25-15)14-17-7-5-4-6-8-17)13-24-22(27)12-18-9-10-21(28-3)20(23)11-18/h4-11H,12-14H2,1-3H3,(H,24,27). The third-order valence-electron chi connectivity index (χ3n) is 4.75. The number of methoxy groups -OCH3 is 1. The molecule has 5 nitrogen and oxygen atoms in total. The molecule has 3 aromatic rings. The van der Waals surface area contributed by atoms with Crippen LogP contribution in [-0.4, -0.2) is 22.8 Å². The number of hydrogen-bond acceptors (Lipinski definition) is 3. The molecule has 0 fully saturated rings. The highest BCUT2D eigenvalue weighted by Gasteiger charge is 2.13. The summed E-state index contributed by atoms with van der Waals surface area (Å²) < 4.78 is 20.6. The Morgan fingerprint density at radius 1 is 1.14 bits per heavy atom. The van der Waals surface area contributed by atoms with E-state index in [9.17, 15) is 9.18 Å². The van der Waals surface area contributed by atoms with Crippen LogP contribution in [0, 0.1) is 19.7 Å². The van der Waals surface area contributed by atoms with Crippen LogP contribution < -0.4 is 10.1 Å². The molecule has 2 aromatic carbocycles. The number of carbonyl (C=O) groups is 1. The van der Waals surface area contributed by atoms with Gasteiger partial charge < -0.3 is 10.1 Å². The first-order valence-corrected chi connectivity index (χ1v) is 9.14. The number of benzene rings is 2. The molecule has 0 aliphatic heterocycles. The van der Waals surface area contributed by atoms with Gasteiger partial charge in [-0.3, -0.25) is 9.48 Å². The summed E-state index contributed by atoms with van der Waals surface area (Å²) in [5, 5.41) is 7.51. The van der Waals surface area contributed by atoms with Gasteiger partial charge in [-0.15, -0.1) is 0 Å². The minimum atomic E-state index is -0.471. The summed E-state index contributed by atoms with van der Waals surface area (Å²) in [6.45, 7) is 5.02. The molecular weight excluding hydrogens is 357 g/mol. The Morgan fingerprint density at radius 2 is 1.89 bits per heavy atom. The lowest BCUT2D eigenvalue weighted by Crippen LogP contribution is -2.25. The predicted molar refractivity (Wildman–Crippen MR) is 106 cm³/mol. The Hall–Kier alpha value is -3.15. The van der Waals surface area contributed by atoms with Gasteiger partial charge in [0.2, 0.25) is 5.91 Å². The highest BCUT2D eigenvalue weighted by Crippen LogP contribution is 2.18. The highest BCUT2D eigenvalue weighted by molar-refractivity contribution is 5.78. The molecule has 0 unspecified atom stereocenters. The molecule has 6 heteroatoms. The molecule has 1 aromatic heterocycles. The number of nitrogens with zero attached hydrogens (tertiary/aromatic N) is 2. The van der Waals surface area contributed by atoms with Gasteiger partial charge in [-0.05, 0) is 37.1 Å². The van der Waals surface area contributed by atoms with Gasteiger partial charge in [0.05, 0.1) is 25.8 Å². The third-order valence-corrected chi connectivity index (χ3v) is 4.75. The SMILES string of the molecule is COc1ccc(CC(=O)NCc2c(C)nn(Cc3ccccc3)c2C)cc1F. The molecule has 0 radical (unpaired) electrons.